The Hall–Kier alpha value is -2.14. The maximum Gasteiger partial charge on any atom is 0.163 e. The largest absolute Gasteiger partial charge is 0.297 e. The molecule has 0 radical (unpaired) electrons. The van der Waals surface area contributed by atoms with Crippen LogP contribution >= 0.6 is 0 Å². The van der Waals surface area contributed by atoms with Crippen molar-refractivity contribution in [2.75, 3.05) is 0 Å². The van der Waals surface area contributed by atoms with E-state index in [-0.39, 0.29) is 29.4 Å². The predicted molar refractivity (Wildman–Crippen MR) is 137 cm³/mol. The van der Waals surface area contributed by atoms with Gasteiger partial charge in [-0.2, -0.15) is 15.6 Å². The molecule has 190 valence electrons. The molecular weight excluding hydrogens is 432 g/mol. The second-order valence-electron chi connectivity index (χ2n) is 12.2. The summed E-state index contributed by atoms with van der Waals surface area (Å²) < 4.78 is 1.46. The van der Waals surface area contributed by atoms with E-state index in [0.29, 0.717) is 23.4 Å². The Morgan fingerprint density at radius 1 is 1.20 bits per heavy atom. The van der Waals surface area contributed by atoms with Crippen LogP contribution in [0.15, 0.2) is 6.07 Å². The average molecular weight is 477 g/mol. The zero-order chi connectivity index (χ0) is 25.3. The Balaban J connectivity index is 1.65. The van der Waals surface area contributed by atoms with E-state index in [1.807, 2.05) is 6.07 Å². The Kier molecular flexibility index (Phi) is 7.75. The summed E-state index contributed by atoms with van der Waals surface area (Å²) in [4.78, 5) is 13.9. The zero-order valence-corrected chi connectivity index (χ0v) is 22.5. The molecule has 5 heteroatoms. The quantitative estimate of drug-likeness (QED) is 0.415. The van der Waals surface area contributed by atoms with Crippen LogP contribution in [0.1, 0.15) is 104 Å². The Labute approximate surface area is 212 Å². The molecular formula is C30H44N4O. The molecule has 0 saturated heterocycles. The van der Waals surface area contributed by atoms with Crippen LogP contribution in [-0.2, 0) is 11.3 Å². The van der Waals surface area contributed by atoms with Gasteiger partial charge in [-0.15, -0.1) is 0 Å². The fourth-order valence-corrected chi connectivity index (χ4v) is 9.03. The van der Waals surface area contributed by atoms with Crippen molar-refractivity contribution in [1.29, 1.82) is 10.5 Å². The number of nitriles is 2. The van der Waals surface area contributed by atoms with Crippen LogP contribution in [0, 0.1) is 75.4 Å². The third kappa shape index (κ3) is 4.45. The summed E-state index contributed by atoms with van der Waals surface area (Å²) in [5.74, 6) is 5.35. The molecule has 1 aromatic heterocycles. The molecule has 1 aromatic rings. The lowest BCUT2D eigenvalue weighted by Crippen LogP contribution is -2.50. The first-order chi connectivity index (χ1) is 16.8. The smallest absolute Gasteiger partial charge is 0.163 e. The molecule has 3 fully saturated rings. The summed E-state index contributed by atoms with van der Waals surface area (Å²) >= 11 is 0. The molecule has 35 heavy (non-hydrogen) atoms. The SMILES string of the molecule is CCCC1C(CC)CCC2C1CCC1(C)C(C(=O)Cn3nc(C#N)cc3C#N)CC(C(C)CC)C21. The van der Waals surface area contributed by atoms with Crippen LogP contribution in [0.5, 0.6) is 0 Å². The molecule has 4 rings (SSSR count). The second kappa shape index (κ2) is 10.5. The summed E-state index contributed by atoms with van der Waals surface area (Å²) in [6.07, 6.45) is 11.2. The lowest BCUT2D eigenvalue weighted by atomic mass is 9.49. The van der Waals surface area contributed by atoms with Crippen molar-refractivity contribution in [3.8, 4) is 12.1 Å². The number of nitrogens with zero attached hydrogens (tertiary/aromatic N) is 4. The van der Waals surface area contributed by atoms with Gasteiger partial charge >= 0.3 is 0 Å². The maximum absolute atomic E-state index is 13.9. The van der Waals surface area contributed by atoms with Gasteiger partial charge in [0, 0.05) is 12.0 Å². The minimum absolute atomic E-state index is 0.0160. The first kappa shape index (κ1) is 25.9. The van der Waals surface area contributed by atoms with Crippen molar-refractivity contribution in [3.63, 3.8) is 0 Å². The van der Waals surface area contributed by atoms with Gasteiger partial charge in [0.25, 0.3) is 0 Å². The molecule has 5 nitrogen and oxygen atoms in total. The molecule has 0 bridgehead atoms. The highest BCUT2D eigenvalue weighted by Crippen LogP contribution is 2.66. The lowest BCUT2D eigenvalue weighted by molar-refractivity contribution is -0.131. The van der Waals surface area contributed by atoms with Crippen molar-refractivity contribution in [3.05, 3.63) is 17.5 Å². The minimum Gasteiger partial charge on any atom is -0.297 e. The van der Waals surface area contributed by atoms with Gasteiger partial charge in [-0.25, -0.2) is 4.68 Å². The van der Waals surface area contributed by atoms with Crippen molar-refractivity contribution < 1.29 is 4.79 Å². The van der Waals surface area contributed by atoms with Gasteiger partial charge in [-0.1, -0.05) is 60.3 Å². The number of ketones is 1. The van der Waals surface area contributed by atoms with Crippen LogP contribution in [0.25, 0.3) is 0 Å². The van der Waals surface area contributed by atoms with E-state index in [9.17, 15) is 15.3 Å². The van der Waals surface area contributed by atoms with Gasteiger partial charge in [-0.05, 0) is 78.9 Å². The van der Waals surface area contributed by atoms with Gasteiger partial charge < -0.3 is 0 Å². The molecule has 0 N–H and O–H groups in total. The summed E-state index contributed by atoms with van der Waals surface area (Å²) in [5.41, 5.74) is 0.537. The normalized spacial score (nSPS) is 37.1. The highest BCUT2D eigenvalue weighted by molar-refractivity contribution is 5.82. The third-order valence-corrected chi connectivity index (χ3v) is 10.8. The van der Waals surface area contributed by atoms with E-state index in [4.69, 9.17) is 0 Å². The van der Waals surface area contributed by atoms with E-state index in [2.05, 4.69) is 45.8 Å². The van der Waals surface area contributed by atoms with Crippen molar-refractivity contribution in [2.45, 2.75) is 99.0 Å². The second-order valence-corrected chi connectivity index (χ2v) is 12.2. The predicted octanol–water partition coefficient (Wildman–Crippen LogP) is 6.76. The van der Waals surface area contributed by atoms with E-state index in [1.54, 1.807) is 0 Å². The molecule has 1 heterocycles. The highest BCUT2D eigenvalue weighted by atomic mass is 16.1. The van der Waals surface area contributed by atoms with Gasteiger partial charge in [-0.3, -0.25) is 4.79 Å². The summed E-state index contributed by atoms with van der Waals surface area (Å²) in [5, 5.41) is 23.0. The van der Waals surface area contributed by atoms with Crippen molar-refractivity contribution in [1.82, 2.24) is 9.78 Å². The van der Waals surface area contributed by atoms with E-state index < -0.39 is 0 Å². The third-order valence-electron chi connectivity index (χ3n) is 10.8. The number of aromatic nitrogens is 2. The number of fused-ring (bicyclic) bond motifs is 3. The molecule has 0 amide bonds. The van der Waals surface area contributed by atoms with Gasteiger partial charge in [0.15, 0.2) is 11.5 Å². The number of hydrogen-bond acceptors (Lipinski definition) is 4. The monoisotopic (exact) mass is 476 g/mol. The van der Waals surface area contributed by atoms with Crippen LogP contribution < -0.4 is 0 Å². The summed E-state index contributed by atoms with van der Waals surface area (Å²) in [6, 6.07) is 5.60. The maximum atomic E-state index is 13.9. The molecule has 9 unspecified atom stereocenters. The Bertz CT molecular complexity index is 999. The number of Topliss-reactive ketones (excluding diaryl/α,β-unsaturated/α-hetero) is 1. The number of carbonyl (C=O) groups excluding carboxylic acids is 1. The first-order valence-electron chi connectivity index (χ1n) is 14.2. The molecule has 0 spiro atoms. The van der Waals surface area contributed by atoms with E-state index >= 15 is 0 Å². The van der Waals surface area contributed by atoms with Crippen molar-refractivity contribution >= 4 is 5.78 Å². The summed E-state index contributed by atoms with van der Waals surface area (Å²) in [6.45, 7) is 12.0. The van der Waals surface area contributed by atoms with Crippen LogP contribution in [0.4, 0.5) is 0 Å². The van der Waals surface area contributed by atoms with Crippen molar-refractivity contribution in [2.24, 2.45) is 52.8 Å². The number of rotatable bonds is 8. The Morgan fingerprint density at radius 2 is 1.97 bits per heavy atom. The average Bonchev–Trinajstić information content (AvgIpc) is 3.41. The topological polar surface area (TPSA) is 82.5 Å². The van der Waals surface area contributed by atoms with E-state index in [0.717, 1.165) is 42.9 Å². The number of hydrogen-bond donors (Lipinski definition) is 0. The number of carbonyl (C=O) groups is 1. The Morgan fingerprint density at radius 3 is 2.60 bits per heavy atom. The standard InChI is InChI=1S/C30H44N4O/c1-6-9-23-20(8-3)10-11-25-24(23)12-13-30(5)27(15-26(29(25)30)19(4)7-2)28(35)18-34-22(17-32)14-21(16-31)33-34/h14,19-20,23-27,29H,6-13,15,18H2,1-5H3. The van der Waals surface area contributed by atoms with Gasteiger partial charge in [0.05, 0.1) is 0 Å². The van der Waals surface area contributed by atoms with Gasteiger partial charge in [0.2, 0.25) is 0 Å². The molecule has 9 atom stereocenters. The molecule has 3 aliphatic rings. The van der Waals surface area contributed by atoms with Crippen LogP contribution in [0.3, 0.4) is 0 Å². The molecule has 3 aliphatic carbocycles. The van der Waals surface area contributed by atoms with Crippen LogP contribution in [0.2, 0.25) is 0 Å². The zero-order valence-electron chi connectivity index (χ0n) is 22.5. The fraction of sp³-hybridized carbons (Fsp3) is 0.800. The van der Waals surface area contributed by atoms with Gasteiger partial charge in [0.1, 0.15) is 24.4 Å². The lowest BCUT2D eigenvalue weighted by Gasteiger charge is -2.56. The highest BCUT2D eigenvalue weighted by Gasteiger charge is 2.61. The van der Waals surface area contributed by atoms with Crippen LogP contribution in [-0.4, -0.2) is 15.6 Å². The summed E-state index contributed by atoms with van der Waals surface area (Å²) in [7, 11) is 0. The first-order valence-corrected chi connectivity index (χ1v) is 14.2. The fourth-order valence-electron chi connectivity index (χ4n) is 9.03. The minimum atomic E-state index is 0.0160. The molecule has 3 saturated carbocycles. The molecule has 0 aromatic carbocycles. The van der Waals surface area contributed by atoms with E-state index in [1.165, 1.54) is 49.3 Å². The molecule has 0 aliphatic heterocycles.